The van der Waals surface area contributed by atoms with Gasteiger partial charge in [0, 0.05) is 7.05 Å². The third-order valence-electron chi connectivity index (χ3n) is 5.18. The largest absolute Gasteiger partial charge is 0.464 e. The molecule has 0 aliphatic heterocycles. The van der Waals surface area contributed by atoms with Crippen LogP contribution in [-0.4, -0.2) is 43.3 Å². The van der Waals surface area contributed by atoms with Crippen molar-refractivity contribution in [3.8, 4) is 0 Å². The van der Waals surface area contributed by atoms with E-state index in [1.165, 1.54) is 56.3 Å². The smallest absolute Gasteiger partial charge is 0.410 e. The van der Waals surface area contributed by atoms with Crippen LogP contribution in [0.2, 0.25) is 0 Å². The quantitative estimate of drug-likeness (QED) is 0.195. The number of ether oxygens (including phenoxy) is 2. The first kappa shape index (κ1) is 26.7. The Morgan fingerprint density at radius 3 is 1.57 bits per heavy atom. The van der Waals surface area contributed by atoms with Gasteiger partial charge >= 0.3 is 12.1 Å². The molecule has 0 saturated carbocycles. The van der Waals surface area contributed by atoms with Gasteiger partial charge < -0.3 is 9.47 Å². The van der Waals surface area contributed by atoms with Crippen LogP contribution in [0.5, 0.6) is 0 Å². The molecule has 5 nitrogen and oxygen atoms in total. The molecule has 28 heavy (non-hydrogen) atoms. The van der Waals surface area contributed by atoms with Gasteiger partial charge in [0.15, 0.2) is 0 Å². The molecule has 0 N–H and O–H groups in total. The zero-order valence-corrected chi connectivity index (χ0v) is 19.0. The maximum Gasteiger partial charge on any atom is 0.410 e. The second-order valence-electron chi connectivity index (χ2n) is 7.81. The highest BCUT2D eigenvalue weighted by Gasteiger charge is 2.24. The second kappa shape index (κ2) is 19.1. The third kappa shape index (κ3) is 14.8. The Morgan fingerprint density at radius 2 is 1.07 bits per heavy atom. The van der Waals surface area contributed by atoms with Crippen molar-refractivity contribution in [2.24, 2.45) is 0 Å². The molecule has 0 fully saturated rings. The Bertz CT molecular complexity index is 387. The lowest BCUT2D eigenvalue weighted by molar-refractivity contribution is -0.148. The summed E-state index contributed by atoms with van der Waals surface area (Å²) in [7, 11) is 1.58. The van der Waals surface area contributed by atoms with E-state index in [9.17, 15) is 9.59 Å². The lowest BCUT2D eigenvalue weighted by atomic mass is 10.1. The Morgan fingerprint density at radius 1 is 0.679 bits per heavy atom. The molecule has 0 rings (SSSR count). The molecule has 1 amide bonds. The minimum atomic E-state index is -0.619. The van der Waals surface area contributed by atoms with Crippen LogP contribution in [0.4, 0.5) is 4.79 Å². The summed E-state index contributed by atoms with van der Waals surface area (Å²) in [5.41, 5.74) is 0. The molecule has 0 aromatic heterocycles. The average Bonchev–Trinajstić information content (AvgIpc) is 2.70. The molecule has 0 aromatic rings. The first-order valence-corrected chi connectivity index (χ1v) is 11.6. The molecule has 0 aliphatic carbocycles. The van der Waals surface area contributed by atoms with Gasteiger partial charge in [-0.3, -0.25) is 4.90 Å². The van der Waals surface area contributed by atoms with Crippen molar-refractivity contribution in [1.82, 2.24) is 4.90 Å². The summed E-state index contributed by atoms with van der Waals surface area (Å²) in [6.45, 7) is 6.90. The highest BCUT2D eigenvalue weighted by molar-refractivity contribution is 5.80. The Kier molecular flexibility index (Phi) is 18.2. The predicted octanol–water partition coefficient (Wildman–Crippen LogP) is 6.49. The fourth-order valence-corrected chi connectivity index (χ4v) is 2.99. The van der Waals surface area contributed by atoms with Crippen molar-refractivity contribution < 1.29 is 19.1 Å². The molecule has 0 radical (unpaired) electrons. The number of rotatable bonds is 18. The minimum absolute atomic E-state index is 0.360. The molecule has 0 bridgehead atoms. The van der Waals surface area contributed by atoms with Gasteiger partial charge in [0.2, 0.25) is 0 Å². The van der Waals surface area contributed by atoms with Gasteiger partial charge in [0.1, 0.15) is 6.04 Å². The molecule has 0 saturated heterocycles. The minimum Gasteiger partial charge on any atom is -0.464 e. The van der Waals surface area contributed by atoms with Crippen LogP contribution >= 0.6 is 0 Å². The zero-order valence-electron chi connectivity index (χ0n) is 19.0. The third-order valence-corrected chi connectivity index (χ3v) is 5.18. The van der Waals surface area contributed by atoms with E-state index in [0.717, 1.165) is 38.5 Å². The van der Waals surface area contributed by atoms with Crippen molar-refractivity contribution >= 4 is 12.1 Å². The van der Waals surface area contributed by atoms with Crippen LogP contribution in [0.3, 0.4) is 0 Å². The van der Waals surface area contributed by atoms with Crippen LogP contribution < -0.4 is 0 Å². The van der Waals surface area contributed by atoms with Crippen molar-refractivity contribution in [3.05, 3.63) is 0 Å². The number of carbonyl (C=O) groups excluding carboxylic acids is 2. The molecule has 0 aliphatic rings. The summed E-state index contributed by atoms with van der Waals surface area (Å²) >= 11 is 0. The van der Waals surface area contributed by atoms with Crippen LogP contribution in [-0.2, 0) is 14.3 Å². The molecule has 1 unspecified atom stereocenters. The normalized spacial score (nSPS) is 11.9. The summed E-state index contributed by atoms with van der Waals surface area (Å²) in [5.74, 6) is -0.360. The van der Waals surface area contributed by atoms with Crippen molar-refractivity contribution in [2.75, 3.05) is 20.3 Å². The van der Waals surface area contributed by atoms with Gasteiger partial charge in [0.05, 0.1) is 13.2 Å². The van der Waals surface area contributed by atoms with Gasteiger partial charge in [-0.25, -0.2) is 9.59 Å². The predicted molar refractivity (Wildman–Crippen MR) is 116 cm³/mol. The molecule has 5 heteroatoms. The second-order valence-corrected chi connectivity index (χ2v) is 7.81. The summed E-state index contributed by atoms with van der Waals surface area (Å²) in [4.78, 5) is 25.4. The number of carbonyl (C=O) groups is 2. The van der Waals surface area contributed by atoms with Crippen LogP contribution in [0.1, 0.15) is 111 Å². The lowest BCUT2D eigenvalue weighted by Crippen LogP contribution is -2.41. The topological polar surface area (TPSA) is 55.8 Å². The number of esters is 1. The van der Waals surface area contributed by atoms with E-state index in [1.807, 2.05) is 0 Å². The highest BCUT2D eigenvalue weighted by Crippen LogP contribution is 2.11. The molecular formula is C23H45NO4. The Labute approximate surface area is 173 Å². The monoisotopic (exact) mass is 399 g/mol. The molecular weight excluding hydrogens is 354 g/mol. The summed E-state index contributed by atoms with van der Waals surface area (Å²) in [6, 6.07) is -0.619. The average molecular weight is 400 g/mol. The first-order valence-electron chi connectivity index (χ1n) is 11.6. The number of unbranched alkanes of at least 4 members (excludes halogenated alkanes) is 12. The maximum atomic E-state index is 12.1. The fraction of sp³-hybridized carbons (Fsp3) is 0.913. The SMILES string of the molecule is CCCCCCCCCCCCOC(=O)C(C)N(C)C(=O)OCCCCCC. The van der Waals surface area contributed by atoms with E-state index in [0.29, 0.717) is 13.2 Å². The molecule has 0 heterocycles. The number of amides is 1. The van der Waals surface area contributed by atoms with Gasteiger partial charge in [-0.2, -0.15) is 0 Å². The number of hydrogen-bond acceptors (Lipinski definition) is 4. The number of hydrogen-bond donors (Lipinski definition) is 0. The zero-order chi connectivity index (χ0) is 21.0. The van der Waals surface area contributed by atoms with E-state index in [4.69, 9.17) is 9.47 Å². The van der Waals surface area contributed by atoms with Gasteiger partial charge in [-0.1, -0.05) is 90.9 Å². The Balaban J connectivity index is 3.67. The van der Waals surface area contributed by atoms with E-state index in [-0.39, 0.29) is 5.97 Å². The van der Waals surface area contributed by atoms with Crippen LogP contribution in [0.15, 0.2) is 0 Å². The highest BCUT2D eigenvalue weighted by atomic mass is 16.6. The van der Waals surface area contributed by atoms with Crippen molar-refractivity contribution in [2.45, 2.75) is 117 Å². The van der Waals surface area contributed by atoms with Gasteiger partial charge in [-0.05, 0) is 19.8 Å². The molecule has 0 spiro atoms. The van der Waals surface area contributed by atoms with Crippen LogP contribution in [0.25, 0.3) is 0 Å². The summed E-state index contributed by atoms with van der Waals surface area (Å²) < 4.78 is 10.5. The standard InChI is InChI=1S/C23H45NO4/c1-5-7-9-11-12-13-14-15-16-18-19-27-22(25)21(3)24(4)23(26)28-20-17-10-8-6-2/h21H,5-20H2,1-4H3. The van der Waals surface area contributed by atoms with Gasteiger partial charge in [-0.15, -0.1) is 0 Å². The van der Waals surface area contributed by atoms with E-state index in [2.05, 4.69) is 13.8 Å². The summed E-state index contributed by atoms with van der Waals surface area (Å²) in [6.07, 6.45) is 16.2. The van der Waals surface area contributed by atoms with Gasteiger partial charge in [0.25, 0.3) is 0 Å². The maximum absolute atomic E-state index is 12.1. The lowest BCUT2D eigenvalue weighted by Gasteiger charge is -2.22. The van der Waals surface area contributed by atoms with E-state index < -0.39 is 12.1 Å². The first-order chi connectivity index (χ1) is 13.5. The molecule has 0 aromatic carbocycles. The molecule has 166 valence electrons. The van der Waals surface area contributed by atoms with Crippen molar-refractivity contribution in [3.63, 3.8) is 0 Å². The van der Waals surface area contributed by atoms with E-state index in [1.54, 1.807) is 14.0 Å². The molecule has 1 atom stereocenters. The number of nitrogens with zero attached hydrogens (tertiary/aromatic N) is 1. The number of likely N-dealkylation sites (N-methyl/N-ethyl adjacent to an activating group) is 1. The Hall–Kier alpha value is -1.26. The van der Waals surface area contributed by atoms with Crippen LogP contribution in [0, 0.1) is 0 Å². The van der Waals surface area contributed by atoms with E-state index >= 15 is 0 Å². The fourth-order valence-electron chi connectivity index (χ4n) is 2.99. The van der Waals surface area contributed by atoms with Crippen molar-refractivity contribution in [1.29, 1.82) is 0 Å². The summed E-state index contributed by atoms with van der Waals surface area (Å²) in [5, 5.41) is 0.